The van der Waals surface area contributed by atoms with Gasteiger partial charge >= 0.3 is 5.97 Å². The van der Waals surface area contributed by atoms with E-state index in [1.165, 1.54) is 7.11 Å². The van der Waals surface area contributed by atoms with Gasteiger partial charge in [0.2, 0.25) is 6.34 Å². The number of rotatable bonds is 8. The molecule has 1 aliphatic rings. The second-order valence-corrected chi connectivity index (χ2v) is 8.54. The highest BCUT2D eigenvalue weighted by molar-refractivity contribution is 6.30. The number of carbonyl (C=O) groups excluding carboxylic acids is 1. The second-order valence-electron chi connectivity index (χ2n) is 8.10. The summed E-state index contributed by atoms with van der Waals surface area (Å²) in [5, 5.41) is 0.629. The number of ether oxygens (including phenoxy) is 3. The van der Waals surface area contributed by atoms with Crippen LogP contribution >= 0.6 is 11.6 Å². The van der Waals surface area contributed by atoms with Crippen LogP contribution in [0.15, 0.2) is 78.9 Å². The summed E-state index contributed by atoms with van der Waals surface area (Å²) in [6, 6.07) is 24.8. The third-order valence-corrected chi connectivity index (χ3v) is 6.41. The molecule has 4 rings (SSSR count). The summed E-state index contributed by atoms with van der Waals surface area (Å²) in [5.74, 6) is 0.418. The fourth-order valence-corrected chi connectivity index (χ4v) is 4.80. The van der Waals surface area contributed by atoms with Crippen molar-refractivity contribution in [2.24, 2.45) is 0 Å². The van der Waals surface area contributed by atoms with Gasteiger partial charge in [-0.2, -0.15) is 0 Å². The molecular formula is C27H28ClN2O4+. The highest BCUT2D eigenvalue weighted by Gasteiger charge is 2.64. The molecule has 0 amide bonds. The number of nitrogens with zero attached hydrogens (tertiary/aromatic N) is 2. The minimum Gasteiger partial charge on any atom is -0.497 e. The van der Waals surface area contributed by atoms with E-state index in [1.54, 1.807) is 14.2 Å². The number of halogens is 1. The zero-order chi connectivity index (χ0) is 24.1. The largest absolute Gasteiger partial charge is 0.497 e. The number of hydrogen-bond donors (Lipinski definition) is 0. The Morgan fingerprint density at radius 2 is 1.65 bits per heavy atom. The molecule has 0 aromatic heterocycles. The van der Waals surface area contributed by atoms with Crippen molar-refractivity contribution >= 4 is 23.9 Å². The molecule has 1 heterocycles. The van der Waals surface area contributed by atoms with Gasteiger partial charge in [0.1, 0.15) is 12.3 Å². The van der Waals surface area contributed by atoms with Crippen molar-refractivity contribution in [3.8, 4) is 5.75 Å². The van der Waals surface area contributed by atoms with Gasteiger partial charge in [-0.15, -0.1) is 0 Å². The molecule has 2 atom stereocenters. The zero-order valence-corrected chi connectivity index (χ0v) is 20.2. The molecule has 0 aliphatic carbocycles. The molecule has 0 radical (unpaired) electrons. The molecule has 1 aliphatic heterocycles. The van der Waals surface area contributed by atoms with Crippen LogP contribution in [0.4, 0.5) is 0 Å². The molecule has 2 unspecified atom stereocenters. The smallest absolute Gasteiger partial charge is 0.364 e. The fourth-order valence-electron chi connectivity index (χ4n) is 4.68. The van der Waals surface area contributed by atoms with Crippen LogP contribution in [0.5, 0.6) is 5.75 Å². The van der Waals surface area contributed by atoms with E-state index in [4.69, 9.17) is 25.8 Å². The van der Waals surface area contributed by atoms with Crippen molar-refractivity contribution in [1.82, 2.24) is 4.90 Å². The van der Waals surface area contributed by atoms with E-state index in [0.29, 0.717) is 11.6 Å². The Labute approximate surface area is 204 Å². The zero-order valence-electron chi connectivity index (χ0n) is 19.5. The molecular weight excluding hydrogens is 452 g/mol. The van der Waals surface area contributed by atoms with Crippen LogP contribution < -0.4 is 4.74 Å². The number of esters is 1. The van der Waals surface area contributed by atoms with Crippen LogP contribution in [-0.4, -0.2) is 49.8 Å². The van der Waals surface area contributed by atoms with E-state index >= 15 is 0 Å². The van der Waals surface area contributed by atoms with Gasteiger partial charge in [0.25, 0.3) is 5.54 Å². The van der Waals surface area contributed by atoms with E-state index in [9.17, 15) is 4.79 Å². The molecule has 3 aromatic rings. The summed E-state index contributed by atoms with van der Waals surface area (Å²) in [4.78, 5) is 15.7. The molecule has 6 nitrogen and oxygen atoms in total. The predicted molar refractivity (Wildman–Crippen MR) is 131 cm³/mol. The molecule has 0 spiro atoms. The first kappa shape index (κ1) is 23.8. The van der Waals surface area contributed by atoms with Crippen LogP contribution in [0.2, 0.25) is 5.02 Å². The summed E-state index contributed by atoms with van der Waals surface area (Å²) in [6.07, 6.45) is 1.96. The van der Waals surface area contributed by atoms with E-state index in [0.717, 1.165) is 22.4 Å². The summed E-state index contributed by atoms with van der Waals surface area (Å²) in [7, 11) is 4.68. The molecule has 0 saturated carbocycles. The first-order valence-electron chi connectivity index (χ1n) is 10.9. The molecule has 0 bridgehead atoms. The minimum absolute atomic E-state index is 0.202. The second kappa shape index (κ2) is 10.3. The van der Waals surface area contributed by atoms with Crippen molar-refractivity contribution < 1.29 is 23.6 Å². The standard InChI is InChI=1S/C27H28ClN2O4/c1-32-19-30-18-29(17-20-9-15-24(33-2)16-10-20)25(21-11-13-23(28)14-12-21)27(30,26(31)34-3)22-7-5-4-6-8-22/h4-16,18,25H,17,19H2,1-3H3/q+1. The van der Waals surface area contributed by atoms with Crippen molar-refractivity contribution in [2.75, 3.05) is 28.1 Å². The van der Waals surface area contributed by atoms with Gasteiger partial charge < -0.3 is 14.2 Å². The van der Waals surface area contributed by atoms with Crippen LogP contribution in [0, 0.1) is 0 Å². The van der Waals surface area contributed by atoms with Gasteiger partial charge in [0.15, 0.2) is 12.8 Å². The molecule has 0 fully saturated rings. The lowest BCUT2D eigenvalue weighted by Crippen LogP contribution is -2.53. The van der Waals surface area contributed by atoms with E-state index in [2.05, 4.69) is 4.58 Å². The van der Waals surface area contributed by atoms with E-state index in [-0.39, 0.29) is 12.7 Å². The summed E-state index contributed by atoms with van der Waals surface area (Å²) in [6.45, 7) is 0.760. The van der Waals surface area contributed by atoms with Gasteiger partial charge in [-0.25, -0.2) is 9.69 Å². The maximum absolute atomic E-state index is 13.7. The third-order valence-electron chi connectivity index (χ3n) is 6.16. The van der Waals surface area contributed by atoms with Gasteiger partial charge in [0.05, 0.1) is 14.2 Å². The fraction of sp³-hybridized carbons (Fsp3) is 0.259. The Bertz CT molecular complexity index is 1150. The SMILES string of the molecule is COCN1C=[N+](Cc2ccc(OC)cc2)C(c2ccc(Cl)cc2)C1(C(=O)OC)c1ccccc1. The van der Waals surface area contributed by atoms with E-state index < -0.39 is 11.6 Å². The summed E-state index contributed by atoms with van der Waals surface area (Å²) < 4.78 is 18.5. The van der Waals surface area contributed by atoms with Crippen LogP contribution in [0.25, 0.3) is 0 Å². The summed E-state index contributed by atoms with van der Waals surface area (Å²) in [5.41, 5.74) is 1.64. The normalized spacial score (nSPS) is 19.6. The Morgan fingerprint density at radius 1 is 0.971 bits per heavy atom. The van der Waals surface area contributed by atoms with Gasteiger partial charge in [0, 0.05) is 23.3 Å². The highest BCUT2D eigenvalue weighted by Crippen LogP contribution is 2.47. The molecule has 0 N–H and O–H groups in total. The molecule has 34 heavy (non-hydrogen) atoms. The Kier molecular flexibility index (Phi) is 7.20. The lowest BCUT2D eigenvalue weighted by atomic mass is 9.78. The van der Waals surface area contributed by atoms with Crippen molar-refractivity contribution in [3.63, 3.8) is 0 Å². The van der Waals surface area contributed by atoms with Crippen LogP contribution in [-0.2, 0) is 26.4 Å². The average Bonchev–Trinajstić information content (AvgIpc) is 3.19. The highest BCUT2D eigenvalue weighted by atomic mass is 35.5. The maximum atomic E-state index is 13.7. The number of carbonyl (C=O) groups is 1. The lowest BCUT2D eigenvalue weighted by molar-refractivity contribution is -0.582. The topological polar surface area (TPSA) is 51.0 Å². The molecule has 7 heteroatoms. The quantitative estimate of drug-likeness (QED) is 0.348. The first-order chi connectivity index (χ1) is 16.5. The first-order valence-corrected chi connectivity index (χ1v) is 11.3. The van der Waals surface area contributed by atoms with Crippen molar-refractivity contribution in [3.05, 3.63) is 101 Å². The van der Waals surface area contributed by atoms with E-state index in [1.807, 2.05) is 90.1 Å². The number of hydrogen-bond acceptors (Lipinski definition) is 5. The molecule has 176 valence electrons. The van der Waals surface area contributed by atoms with Gasteiger partial charge in [-0.1, -0.05) is 66.2 Å². The molecule has 3 aromatic carbocycles. The summed E-state index contributed by atoms with van der Waals surface area (Å²) >= 11 is 6.21. The molecule has 0 saturated heterocycles. The Balaban J connectivity index is 1.91. The maximum Gasteiger partial charge on any atom is 0.364 e. The van der Waals surface area contributed by atoms with Gasteiger partial charge in [-0.05, 0) is 29.8 Å². The monoisotopic (exact) mass is 479 g/mol. The Morgan fingerprint density at radius 3 is 2.24 bits per heavy atom. The Hall–Kier alpha value is -3.35. The number of methoxy groups -OCH3 is 3. The van der Waals surface area contributed by atoms with Gasteiger partial charge in [-0.3, -0.25) is 4.58 Å². The lowest BCUT2D eigenvalue weighted by Gasteiger charge is -2.34. The van der Waals surface area contributed by atoms with Crippen molar-refractivity contribution in [1.29, 1.82) is 0 Å². The van der Waals surface area contributed by atoms with Crippen LogP contribution in [0.3, 0.4) is 0 Å². The predicted octanol–water partition coefficient (Wildman–Crippen LogP) is 4.62. The number of benzene rings is 3. The van der Waals surface area contributed by atoms with Crippen molar-refractivity contribution in [2.45, 2.75) is 18.1 Å². The minimum atomic E-state index is -1.17. The average molecular weight is 480 g/mol. The third kappa shape index (κ3) is 4.27. The van der Waals surface area contributed by atoms with Crippen LogP contribution in [0.1, 0.15) is 22.7 Å².